The highest BCUT2D eigenvalue weighted by Crippen LogP contribution is 2.33. The lowest BCUT2D eigenvalue weighted by Gasteiger charge is -2.15. The summed E-state index contributed by atoms with van der Waals surface area (Å²) in [6, 6.07) is 9.16. The van der Waals surface area contributed by atoms with E-state index >= 15 is 0 Å². The van der Waals surface area contributed by atoms with Gasteiger partial charge < -0.3 is 19.5 Å². The molecule has 134 valence electrons. The molecule has 0 unspecified atom stereocenters. The number of hydrogen-bond acceptors (Lipinski definition) is 7. The van der Waals surface area contributed by atoms with E-state index in [4.69, 9.17) is 14.2 Å². The molecule has 1 N–H and O–H groups in total. The molecule has 2 heterocycles. The zero-order valence-electron chi connectivity index (χ0n) is 14.8. The van der Waals surface area contributed by atoms with Gasteiger partial charge in [-0.1, -0.05) is 0 Å². The highest BCUT2D eigenvalue weighted by atomic mass is 16.5. The summed E-state index contributed by atoms with van der Waals surface area (Å²) < 4.78 is 15.6. The molecule has 3 aromatic rings. The molecule has 0 aliphatic heterocycles. The number of fused-ring (bicyclic) bond motifs is 1. The van der Waals surface area contributed by atoms with Crippen LogP contribution < -0.4 is 14.8 Å². The number of carbonyl (C=O) groups excluding carboxylic acids is 1. The summed E-state index contributed by atoms with van der Waals surface area (Å²) in [5.74, 6) is 0.677. The van der Waals surface area contributed by atoms with E-state index in [2.05, 4.69) is 15.3 Å². The number of nitrogens with zero attached hydrogens (tertiary/aromatic N) is 2. The number of benzene rings is 1. The topological polar surface area (TPSA) is 82.6 Å². The number of rotatable bonds is 6. The molecule has 0 aliphatic rings. The SMILES string of the molecule is CCOC(=O)c1cnc2c(OC)nccc2c1Nc1ccc(OC)cc1. The van der Waals surface area contributed by atoms with Gasteiger partial charge in [0.15, 0.2) is 0 Å². The third-order valence-electron chi connectivity index (χ3n) is 3.80. The third kappa shape index (κ3) is 3.37. The average Bonchev–Trinajstić information content (AvgIpc) is 2.68. The van der Waals surface area contributed by atoms with Crippen LogP contribution in [0.25, 0.3) is 10.9 Å². The molecular formula is C19H19N3O4. The van der Waals surface area contributed by atoms with E-state index in [1.54, 1.807) is 26.3 Å². The largest absolute Gasteiger partial charge is 0.497 e. The van der Waals surface area contributed by atoms with Crippen LogP contribution in [-0.4, -0.2) is 36.8 Å². The summed E-state index contributed by atoms with van der Waals surface area (Å²) in [6.07, 6.45) is 3.08. The van der Waals surface area contributed by atoms with Crippen LogP contribution in [0, 0.1) is 0 Å². The minimum atomic E-state index is -0.450. The molecule has 3 rings (SSSR count). The second-order valence-electron chi connectivity index (χ2n) is 5.34. The van der Waals surface area contributed by atoms with E-state index in [0.29, 0.717) is 28.0 Å². The van der Waals surface area contributed by atoms with Gasteiger partial charge in [-0.3, -0.25) is 0 Å². The number of nitrogens with one attached hydrogen (secondary N) is 1. The molecule has 0 aliphatic carbocycles. The van der Waals surface area contributed by atoms with Crippen LogP contribution in [0.3, 0.4) is 0 Å². The van der Waals surface area contributed by atoms with Crippen molar-refractivity contribution in [2.75, 3.05) is 26.1 Å². The fourth-order valence-electron chi connectivity index (χ4n) is 2.57. The zero-order valence-corrected chi connectivity index (χ0v) is 14.8. The molecule has 7 nitrogen and oxygen atoms in total. The predicted molar refractivity (Wildman–Crippen MR) is 98.3 cm³/mol. The number of aromatic nitrogens is 2. The van der Waals surface area contributed by atoms with Crippen LogP contribution >= 0.6 is 0 Å². The van der Waals surface area contributed by atoms with Gasteiger partial charge in [-0.25, -0.2) is 14.8 Å². The zero-order chi connectivity index (χ0) is 18.5. The van der Waals surface area contributed by atoms with Crippen molar-refractivity contribution in [2.24, 2.45) is 0 Å². The Labute approximate surface area is 150 Å². The Hall–Kier alpha value is -3.35. The Kier molecular flexibility index (Phi) is 5.17. The maximum Gasteiger partial charge on any atom is 0.341 e. The summed E-state index contributed by atoms with van der Waals surface area (Å²) in [7, 11) is 3.14. The fourth-order valence-corrected chi connectivity index (χ4v) is 2.57. The Bertz CT molecular complexity index is 926. The molecule has 0 atom stereocenters. The molecule has 0 bridgehead atoms. The molecule has 0 saturated heterocycles. The van der Waals surface area contributed by atoms with Crippen LogP contribution in [0.15, 0.2) is 42.7 Å². The first-order valence-electron chi connectivity index (χ1n) is 8.07. The van der Waals surface area contributed by atoms with E-state index in [-0.39, 0.29) is 6.61 Å². The molecular weight excluding hydrogens is 334 g/mol. The van der Waals surface area contributed by atoms with E-state index < -0.39 is 5.97 Å². The number of pyridine rings is 2. The number of ether oxygens (including phenoxy) is 3. The monoisotopic (exact) mass is 353 g/mol. The summed E-state index contributed by atoms with van der Waals surface area (Å²) in [5, 5.41) is 3.98. The van der Waals surface area contributed by atoms with Crippen molar-refractivity contribution in [3.05, 3.63) is 48.3 Å². The van der Waals surface area contributed by atoms with Crippen LogP contribution in [-0.2, 0) is 4.74 Å². The molecule has 0 spiro atoms. The van der Waals surface area contributed by atoms with Crippen molar-refractivity contribution < 1.29 is 19.0 Å². The van der Waals surface area contributed by atoms with E-state index in [1.807, 2.05) is 24.3 Å². The maximum atomic E-state index is 12.4. The van der Waals surface area contributed by atoms with Crippen molar-refractivity contribution in [3.63, 3.8) is 0 Å². The lowest BCUT2D eigenvalue weighted by atomic mass is 10.1. The van der Waals surface area contributed by atoms with Gasteiger partial charge in [0.1, 0.15) is 16.8 Å². The average molecular weight is 353 g/mol. The van der Waals surface area contributed by atoms with Gasteiger partial charge >= 0.3 is 5.97 Å². The number of carbonyl (C=O) groups is 1. The second kappa shape index (κ2) is 7.69. The minimum Gasteiger partial charge on any atom is -0.497 e. The number of esters is 1. The second-order valence-corrected chi connectivity index (χ2v) is 5.34. The molecule has 7 heteroatoms. The highest BCUT2D eigenvalue weighted by molar-refractivity contribution is 6.06. The predicted octanol–water partition coefficient (Wildman–Crippen LogP) is 3.57. The number of hydrogen-bond donors (Lipinski definition) is 1. The van der Waals surface area contributed by atoms with Gasteiger partial charge in [0.05, 0.1) is 26.5 Å². The first-order valence-corrected chi connectivity index (χ1v) is 8.07. The lowest BCUT2D eigenvalue weighted by Crippen LogP contribution is -2.09. The summed E-state index contributed by atoms with van der Waals surface area (Å²) in [6.45, 7) is 2.04. The number of anilines is 2. The molecule has 1 aromatic carbocycles. The standard InChI is InChI=1S/C19H19N3O4/c1-4-26-19(23)15-11-21-17-14(9-10-20-18(17)25-3)16(15)22-12-5-7-13(24-2)8-6-12/h5-11H,4H2,1-3H3,(H,21,22). The third-order valence-corrected chi connectivity index (χ3v) is 3.80. The molecule has 0 saturated carbocycles. The Morgan fingerprint density at radius 2 is 1.85 bits per heavy atom. The Morgan fingerprint density at radius 3 is 2.50 bits per heavy atom. The van der Waals surface area contributed by atoms with Crippen molar-refractivity contribution in [1.82, 2.24) is 9.97 Å². The van der Waals surface area contributed by atoms with E-state index in [0.717, 1.165) is 11.4 Å². The van der Waals surface area contributed by atoms with Gasteiger partial charge in [0.2, 0.25) is 5.88 Å². The van der Waals surface area contributed by atoms with E-state index in [9.17, 15) is 4.79 Å². The van der Waals surface area contributed by atoms with Crippen LogP contribution in [0.1, 0.15) is 17.3 Å². The van der Waals surface area contributed by atoms with E-state index in [1.165, 1.54) is 13.3 Å². The minimum absolute atomic E-state index is 0.276. The fraction of sp³-hybridized carbons (Fsp3) is 0.211. The van der Waals surface area contributed by atoms with Gasteiger partial charge in [-0.2, -0.15) is 0 Å². The molecule has 0 amide bonds. The van der Waals surface area contributed by atoms with Crippen LogP contribution in [0.4, 0.5) is 11.4 Å². The Balaban J connectivity index is 2.14. The van der Waals surface area contributed by atoms with Gasteiger partial charge in [-0.15, -0.1) is 0 Å². The number of methoxy groups -OCH3 is 2. The van der Waals surface area contributed by atoms with Crippen molar-refractivity contribution in [1.29, 1.82) is 0 Å². The van der Waals surface area contributed by atoms with Crippen molar-refractivity contribution in [3.8, 4) is 11.6 Å². The van der Waals surface area contributed by atoms with Gasteiger partial charge in [0, 0.05) is 23.5 Å². The summed E-state index contributed by atoms with van der Waals surface area (Å²) in [5.41, 5.74) is 2.27. The summed E-state index contributed by atoms with van der Waals surface area (Å²) >= 11 is 0. The smallest absolute Gasteiger partial charge is 0.341 e. The molecule has 0 fully saturated rings. The van der Waals surface area contributed by atoms with Crippen molar-refractivity contribution in [2.45, 2.75) is 6.92 Å². The lowest BCUT2D eigenvalue weighted by molar-refractivity contribution is 0.0527. The summed E-state index contributed by atoms with van der Waals surface area (Å²) in [4.78, 5) is 20.9. The first kappa shape index (κ1) is 17.5. The van der Waals surface area contributed by atoms with Crippen LogP contribution in [0.2, 0.25) is 0 Å². The van der Waals surface area contributed by atoms with Gasteiger partial charge in [0.25, 0.3) is 0 Å². The first-order chi connectivity index (χ1) is 12.7. The maximum absolute atomic E-state index is 12.4. The Morgan fingerprint density at radius 1 is 1.08 bits per heavy atom. The molecule has 26 heavy (non-hydrogen) atoms. The highest BCUT2D eigenvalue weighted by Gasteiger charge is 2.19. The van der Waals surface area contributed by atoms with Crippen molar-refractivity contribution >= 4 is 28.2 Å². The van der Waals surface area contributed by atoms with Crippen LogP contribution in [0.5, 0.6) is 11.6 Å². The quantitative estimate of drug-likeness (QED) is 0.678. The van der Waals surface area contributed by atoms with Gasteiger partial charge in [-0.05, 0) is 37.3 Å². The molecule has 2 aromatic heterocycles. The normalized spacial score (nSPS) is 10.4. The molecule has 0 radical (unpaired) electrons.